The van der Waals surface area contributed by atoms with Gasteiger partial charge < -0.3 is 29.2 Å². The summed E-state index contributed by atoms with van der Waals surface area (Å²) in [6.45, 7) is 1.10. The van der Waals surface area contributed by atoms with Crippen molar-refractivity contribution in [3.63, 3.8) is 0 Å². The number of hydrogen-bond donors (Lipinski definition) is 2. The minimum atomic E-state index is -0.345. The van der Waals surface area contributed by atoms with E-state index < -0.39 is 0 Å². The molecule has 8 nitrogen and oxygen atoms in total. The van der Waals surface area contributed by atoms with Gasteiger partial charge in [-0.15, -0.1) is 0 Å². The Kier molecular flexibility index (Phi) is 14.3. The molecule has 0 saturated heterocycles. The van der Waals surface area contributed by atoms with Crippen LogP contribution in [0.4, 0.5) is 0 Å². The molecule has 0 aliphatic heterocycles. The number of carbonyl (C=O) groups is 2. The molecule has 0 aromatic heterocycles. The number of esters is 2. The lowest BCUT2D eigenvalue weighted by molar-refractivity contribution is -0.144. The van der Waals surface area contributed by atoms with Crippen LogP contribution in [0.1, 0.15) is 24.0 Å². The summed E-state index contributed by atoms with van der Waals surface area (Å²) in [7, 11) is 0. The minimum absolute atomic E-state index is 0.105. The van der Waals surface area contributed by atoms with Crippen LogP contribution in [0.15, 0.2) is 97.1 Å². The number of fused-ring (bicyclic) bond motifs is 3. The molecule has 49 heavy (non-hydrogen) atoms. The average molecular weight is 707 g/mol. The number of aliphatic hydroxyl groups is 2. The minimum Gasteiger partial charge on any atom is -0.490 e. The van der Waals surface area contributed by atoms with Gasteiger partial charge in [0.25, 0.3) is 0 Å². The standard InChI is InChI=1S/C39H46O8S2/c40-19-27-48-25-17-37(42)46-23-21-44-31-13-9-29(10-14-31)39(35-7-3-1-5-33(35)34-6-2-4-8-36(34)39)30-11-15-32(16-12-30)45-22-24-47-38(43)18-26-49-28-20-41/h1-16,33-36,40-41H,17-28H2. The van der Waals surface area contributed by atoms with E-state index in [0.29, 0.717) is 59.2 Å². The van der Waals surface area contributed by atoms with Crippen LogP contribution in [0.2, 0.25) is 0 Å². The van der Waals surface area contributed by atoms with Crippen LogP contribution in [0.3, 0.4) is 0 Å². The van der Waals surface area contributed by atoms with Crippen molar-refractivity contribution in [1.82, 2.24) is 0 Å². The summed E-state index contributed by atoms with van der Waals surface area (Å²) in [4.78, 5) is 23.9. The van der Waals surface area contributed by atoms with Crippen LogP contribution in [-0.2, 0) is 24.5 Å². The zero-order valence-electron chi connectivity index (χ0n) is 27.7. The molecular formula is C39H46O8S2. The lowest BCUT2D eigenvalue weighted by Crippen LogP contribution is -2.39. The summed E-state index contributed by atoms with van der Waals surface area (Å²) in [6.07, 6.45) is 18.7. The SMILES string of the molecule is O=C(CCSCCO)OCCOc1ccc(C2(c3ccc(OCCOC(=O)CCSCCO)cc3)C3C=CC=CC3C3C=CC=CC32)cc1. The first-order valence-corrected chi connectivity index (χ1v) is 19.2. The van der Waals surface area contributed by atoms with Crippen molar-refractivity contribution in [1.29, 1.82) is 0 Å². The topological polar surface area (TPSA) is 112 Å². The Morgan fingerprint density at radius 2 is 0.980 bits per heavy atom. The zero-order valence-corrected chi connectivity index (χ0v) is 29.3. The van der Waals surface area contributed by atoms with E-state index in [2.05, 4.69) is 72.9 Å². The van der Waals surface area contributed by atoms with E-state index in [4.69, 9.17) is 29.2 Å². The number of thioether (sulfide) groups is 2. The Labute approximate surface area is 297 Å². The maximum atomic E-state index is 12.0. The molecule has 2 aromatic rings. The fourth-order valence-electron chi connectivity index (χ4n) is 7.13. The maximum Gasteiger partial charge on any atom is 0.306 e. The highest BCUT2D eigenvalue weighted by atomic mass is 32.2. The molecule has 1 saturated carbocycles. The third kappa shape index (κ3) is 9.42. The maximum absolute atomic E-state index is 12.0. The average Bonchev–Trinajstić information content (AvgIpc) is 3.44. The fourth-order valence-corrected chi connectivity index (χ4v) is 8.41. The van der Waals surface area contributed by atoms with Crippen LogP contribution < -0.4 is 9.47 Å². The van der Waals surface area contributed by atoms with E-state index in [-0.39, 0.29) is 68.8 Å². The summed E-state index contributed by atoms with van der Waals surface area (Å²) < 4.78 is 22.5. The number of ether oxygens (including phenoxy) is 4. The lowest BCUT2D eigenvalue weighted by Gasteiger charge is -2.41. The molecule has 1 fully saturated rings. The molecular weight excluding hydrogens is 661 g/mol. The number of carbonyl (C=O) groups excluding carboxylic acids is 2. The van der Waals surface area contributed by atoms with E-state index in [1.165, 1.54) is 34.7 Å². The van der Waals surface area contributed by atoms with Gasteiger partial charge in [-0.3, -0.25) is 9.59 Å². The Hall–Kier alpha value is -3.44. The van der Waals surface area contributed by atoms with Gasteiger partial charge in [0.2, 0.25) is 0 Å². The van der Waals surface area contributed by atoms with Gasteiger partial charge in [0, 0.05) is 28.4 Å². The summed E-state index contributed by atoms with van der Waals surface area (Å²) in [5.41, 5.74) is 2.06. The van der Waals surface area contributed by atoms with E-state index in [9.17, 15) is 9.59 Å². The highest BCUT2D eigenvalue weighted by molar-refractivity contribution is 7.99. The first-order valence-electron chi connectivity index (χ1n) is 16.9. The van der Waals surface area contributed by atoms with Gasteiger partial charge in [0.05, 0.1) is 26.1 Å². The van der Waals surface area contributed by atoms with Gasteiger partial charge in [-0.1, -0.05) is 72.9 Å². The highest BCUT2D eigenvalue weighted by Crippen LogP contribution is 2.62. The molecule has 0 amide bonds. The molecule has 2 aromatic carbocycles. The van der Waals surface area contributed by atoms with Gasteiger partial charge >= 0.3 is 11.9 Å². The van der Waals surface area contributed by atoms with Crippen LogP contribution >= 0.6 is 23.5 Å². The largest absolute Gasteiger partial charge is 0.490 e. The molecule has 0 bridgehead atoms. The van der Waals surface area contributed by atoms with Crippen molar-refractivity contribution in [2.45, 2.75) is 18.3 Å². The Bertz CT molecular complexity index is 1360. The summed E-state index contributed by atoms with van der Waals surface area (Å²) in [5, 5.41) is 17.7. The first-order chi connectivity index (χ1) is 24.1. The Morgan fingerprint density at radius 3 is 1.39 bits per heavy atom. The molecule has 0 radical (unpaired) electrons. The van der Waals surface area contributed by atoms with Crippen molar-refractivity contribution in [3.8, 4) is 11.5 Å². The molecule has 5 rings (SSSR count). The van der Waals surface area contributed by atoms with Crippen molar-refractivity contribution in [3.05, 3.63) is 108 Å². The normalized spacial score (nSPS) is 21.2. The lowest BCUT2D eigenvalue weighted by atomic mass is 9.61. The predicted molar refractivity (Wildman–Crippen MR) is 195 cm³/mol. The van der Waals surface area contributed by atoms with E-state index in [1.807, 2.05) is 24.3 Å². The number of allylic oxidation sites excluding steroid dienone is 8. The van der Waals surface area contributed by atoms with Gasteiger partial charge in [0.15, 0.2) is 0 Å². The molecule has 3 aliphatic carbocycles. The fraction of sp³-hybridized carbons (Fsp3) is 0.436. The van der Waals surface area contributed by atoms with Gasteiger partial charge in [-0.05, 0) is 59.1 Å². The first kappa shape index (κ1) is 36.8. The quantitative estimate of drug-likeness (QED) is 0.130. The van der Waals surface area contributed by atoms with Crippen molar-refractivity contribution >= 4 is 35.5 Å². The molecule has 262 valence electrons. The second kappa shape index (κ2) is 19.1. The molecule has 2 N–H and O–H groups in total. The van der Waals surface area contributed by atoms with Crippen LogP contribution in [0.25, 0.3) is 0 Å². The number of rotatable bonds is 20. The summed E-state index contributed by atoms with van der Waals surface area (Å²) >= 11 is 3.05. The van der Waals surface area contributed by atoms with E-state index >= 15 is 0 Å². The van der Waals surface area contributed by atoms with E-state index in [0.717, 1.165) is 0 Å². The monoisotopic (exact) mass is 706 g/mol. The molecule has 10 heteroatoms. The molecule has 0 spiro atoms. The molecule has 3 aliphatic rings. The smallest absolute Gasteiger partial charge is 0.306 e. The zero-order chi connectivity index (χ0) is 34.3. The Morgan fingerprint density at radius 1 is 0.571 bits per heavy atom. The summed E-state index contributed by atoms with van der Waals surface area (Å²) in [6, 6.07) is 16.7. The van der Waals surface area contributed by atoms with Gasteiger partial charge in [0.1, 0.15) is 37.9 Å². The van der Waals surface area contributed by atoms with Crippen molar-refractivity contribution < 1.29 is 38.7 Å². The molecule has 4 unspecified atom stereocenters. The van der Waals surface area contributed by atoms with Crippen LogP contribution in [0, 0.1) is 23.7 Å². The van der Waals surface area contributed by atoms with Gasteiger partial charge in [-0.2, -0.15) is 23.5 Å². The number of benzene rings is 2. The second-order valence-electron chi connectivity index (χ2n) is 12.0. The number of aliphatic hydroxyl groups excluding tert-OH is 2. The Balaban J connectivity index is 1.26. The number of hydrogen-bond acceptors (Lipinski definition) is 10. The third-order valence-electron chi connectivity index (χ3n) is 9.12. The van der Waals surface area contributed by atoms with Crippen LogP contribution in [-0.4, -0.2) is 84.8 Å². The van der Waals surface area contributed by atoms with Crippen LogP contribution in [0.5, 0.6) is 11.5 Å². The predicted octanol–water partition coefficient (Wildman–Crippen LogP) is 5.78. The van der Waals surface area contributed by atoms with E-state index in [1.54, 1.807) is 0 Å². The van der Waals surface area contributed by atoms with Crippen molar-refractivity contribution in [2.75, 3.05) is 62.7 Å². The highest BCUT2D eigenvalue weighted by Gasteiger charge is 2.59. The second-order valence-corrected chi connectivity index (χ2v) is 14.4. The molecule has 4 atom stereocenters. The van der Waals surface area contributed by atoms with Gasteiger partial charge in [-0.25, -0.2) is 0 Å². The molecule has 0 heterocycles. The van der Waals surface area contributed by atoms with Crippen molar-refractivity contribution in [2.24, 2.45) is 23.7 Å². The third-order valence-corrected chi connectivity index (χ3v) is 11.0. The summed E-state index contributed by atoms with van der Waals surface area (Å²) in [5.74, 6) is 4.53.